The molecule has 1 saturated heterocycles. The minimum atomic E-state index is -4.89. The van der Waals surface area contributed by atoms with Crippen LogP contribution in [0.2, 0.25) is 0 Å². The predicted molar refractivity (Wildman–Crippen MR) is 106 cm³/mol. The zero-order valence-electron chi connectivity index (χ0n) is 17.7. The topological polar surface area (TPSA) is 104 Å². The normalized spacial score (nSPS) is 25.0. The van der Waals surface area contributed by atoms with Gasteiger partial charge in [0, 0.05) is 17.4 Å². The van der Waals surface area contributed by atoms with Crippen molar-refractivity contribution in [3.63, 3.8) is 0 Å². The molecule has 3 N–H and O–H groups in total. The van der Waals surface area contributed by atoms with Gasteiger partial charge in [-0.25, -0.2) is 9.37 Å². The summed E-state index contributed by atoms with van der Waals surface area (Å²) >= 11 is 0. The third kappa shape index (κ3) is 4.22. The van der Waals surface area contributed by atoms with Crippen LogP contribution in [0.1, 0.15) is 35.8 Å². The van der Waals surface area contributed by atoms with Crippen LogP contribution in [0.5, 0.6) is 5.75 Å². The minimum Gasteiger partial charge on any atom is -0.493 e. The van der Waals surface area contributed by atoms with E-state index in [9.17, 15) is 31.5 Å². The Morgan fingerprint density at radius 2 is 1.88 bits per heavy atom. The van der Waals surface area contributed by atoms with E-state index >= 15 is 0 Å². The molecule has 1 fully saturated rings. The number of amides is 2. The lowest BCUT2D eigenvalue weighted by atomic mass is 9.77. The first kappa shape index (κ1) is 24.4. The van der Waals surface area contributed by atoms with Gasteiger partial charge in [-0.05, 0) is 25.1 Å². The van der Waals surface area contributed by atoms with Crippen LogP contribution in [0.15, 0.2) is 30.3 Å². The van der Waals surface area contributed by atoms with Crippen LogP contribution in [0.3, 0.4) is 0 Å². The number of methoxy groups -OCH3 is 1. The zero-order valence-corrected chi connectivity index (χ0v) is 17.7. The van der Waals surface area contributed by atoms with Crippen molar-refractivity contribution < 1.29 is 41.0 Å². The smallest absolute Gasteiger partial charge is 0.417 e. The summed E-state index contributed by atoms with van der Waals surface area (Å²) in [5, 5.41) is 2.29. The van der Waals surface area contributed by atoms with E-state index in [4.69, 9.17) is 15.2 Å². The highest BCUT2D eigenvalue weighted by molar-refractivity contribution is 5.96. The van der Waals surface area contributed by atoms with Crippen molar-refractivity contribution >= 4 is 17.6 Å². The molecule has 3 rings (SSSR count). The van der Waals surface area contributed by atoms with Crippen molar-refractivity contribution in [2.24, 2.45) is 11.7 Å². The summed E-state index contributed by atoms with van der Waals surface area (Å²) in [6.45, 7) is 1.97. The highest BCUT2D eigenvalue weighted by Gasteiger charge is 2.65. The molecule has 33 heavy (non-hydrogen) atoms. The first-order chi connectivity index (χ1) is 15.3. The van der Waals surface area contributed by atoms with Gasteiger partial charge < -0.3 is 20.5 Å². The van der Waals surface area contributed by atoms with Crippen molar-refractivity contribution in [1.29, 1.82) is 0 Å². The average molecular weight is 473 g/mol. The van der Waals surface area contributed by atoms with Crippen LogP contribution >= 0.6 is 0 Å². The molecular weight excluding hydrogens is 453 g/mol. The predicted octanol–water partition coefficient (Wildman–Crippen LogP) is 3.55. The van der Waals surface area contributed by atoms with Gasteiger partial charge in [-0.1, -0.05) is 19.1 Å². The van der Waals surface area contributed by atoms with Crippen molar-refractivity contribution in [1.82, 2.24) is 4.98 Å². The molecule has 0 unspecified atom stereocenters. The number of nitrogens with two attached hydrogens (primary N) is 1. The highest BCUT2D eigenvalue weighted by Crippen LogP contribution is 2.54. The number of carbonyl (C=O) groups excluding carboxylic acids is 2. The standard InChI is InChI=1S/C21H20F5N3O4/c1-9-14(10-7-8-11(22)15(23)16(10)32-3)17(33-20(9,2)21(24,25)26)19(31)29-13-6-4-5-12(28-13)18(27)30/h4-9,14,17H,1-3H3,(H2,27,30)(H,28,29,31)/t9-,14-,17-,20-/m1/s1. The fourth-order valence-corrected chi connectivity index (χ4v) is 3.88. The van der Waals surface area contributed by atoms with E-state index in [-0.39, 0.29) is 17.1 Å². The molecule has 2 heterocycles. The Morgan fingerprint density at radius 3 is 2.45 bits per heavy atom. The van der Waals surface area contributed by atoms with Gasteiger partial charge in [-0.3, -0.25) is 9.59 Å². The summed E-state index contributed by atoms with van der Waals surface area (Å²) in [6, 6.07) is 5.71. The maximum atomic E-state index is 14.3. The number of ether oxygens (including phenoxy) is 2. The van der Waals surface area contributed by atoms with Crippen LogP contribution in [0.4, 0.5) is 27.8 Å². The fourth-order valence-electron chi connectivity index (χ4n) is 3.88. The van der Waals surface area contributed by atoms with E-state index in [1.54, 1.807) is 0 Å². The number of nitrogens with zero attached hydrogens (tertiary/aromatic N) is 1. The molecule has 0 aliphatic carbocycles. The second-order valence-electron chi connectivity index (χ2n) is 7.70. The van der Waals surface area contributed by atoms with Gasteiger partial charge in [0.25, 0.3) is 11.8 Å². The van der Waals surface area contributed by atoms with Crippen molar-refractivity contribution in [3.8, 4) is 5.75 Å². The first-order valence-electron chi connectivity index (χ1n) is 9.66. The van der Waals surface area contributed by atoms with E-state index in [0.29, 0.717) is 0 Å². The fraction of sp³-hybridized carbons (Fsp3) is 0.381. The summed E-state index contributed by atoms with van der Waals surface area (Å²) in [5.74, 6) is -8.17. The van der Waals surface area contributed by atoms with Crippen molar-refractivity contribution in [3.05, 3.63) is 53.2 Å². The van der Waals surface area contributed by atoms with Crippen LogP contribution in [-0.2, 0) is 9.53 Å². The number of benzene rings is 1. The average Bonchev–Trinajstić information content (AvgIpc) is 3.02. The molecule has 1 aliphatic rings. The molecule has 178 valence electrons. The lowest BCUT2D eigenvalue weighted by molar-refractivity contribution is -0.272. The molecule has 1 aromatic carbocycles. The van der Waals surface area contributed by atoms with Gasteiger partial charge in [0.15, 0.2) is 17.2 Å². The maximum absolute atomic E-state index is 14.3. The second-order valence-corrected chi connectivity index (χ2v) is 7.70. The quantitative estimate of drug-likeness (QED) is 0.647. The number of anilines is 1. The number of alkyl halides is 3. The van der Waals surface area contributed by atoms with E-state index in [0.717, 1.165) is 26.2 Å². The highest BCUT2D eigenvalue weighted by atomic mass is 19.4. The maximum Gasteiger partial charge on any atom is 0.417 e. The third-order valence-electron chi connectivity index (χ3n) is 5.82. The lowest BCUT2D eigenvalue weighted by Gasteiger charge is -2.32. The van der Waals surface area contributed by atoms with Crippen LogP contribution in [0, 0.1) is 17.6 Å². The minimum absolute atomic E-state index is 0.163. The number of primary amides is 1. The second kappa shape index (κ2) is 8.58. The largest absolute Gasteiger partial charge is 0.493 e. The molecular formula is C21H20F5N3O4. The number of halogens is 5. The number of rotatable bonds is 5. The summed E-state index contributed by atoms with van der Waals surface area (Å²) < 4.78 is 80.0. The Balaban J connectivity index is 2.07. The Kier molecular flexibility index (Phi) is 6.33. The van der Waals surface area contributed by atoms with Gasteiger partial charge in [0.05, 0.1) is 7.11 Å². The molecule has 2 aromatic rings. The molecule has 0 bridgehead atoms. The van der Waals surface area contributed by atoms with Crippen LogP contribution < -0.4 is 15.8 Å². The van der Waals surface area contributed by atoms with E-state index in [1.165, 1.54) is 25.1 Å². The summed E-state index contributed by atoms with van der Waals surface area (Å²) in [6.07, 6.45) is -6.68. The number of hydrogen-bond acceptors (Lipinski definition) is 5. The van der Waals surface area contributed by atoms with Crippen molar-refractivity contribution in [2.75, 3.05) is 12.4 Å². The van der Waals surface area contributed by atoms with E-state index < -0.39 is 58.9 Å². The SMILES string of the molecule is COc1c([C@H]2[C@@H](C)[C@](C)(C(F)(F)F)O[C@H]2C(=O)Nc2cccc(C(N)=O)n2)ccc(F)c1F. The number of hydrogen-bond donors (Lipinski definition) is 2. The zero-order chi connectivity index (χ0) is 24.7. The van der Waals surface area contributed by atoms with E-state index in [2.05, 4.69) is 10.3 Å². The Labute approximate surface area is 185 Å². The van der Waals surface area contributed by atoms with Gasteiger partial charge in [-0.2, -0.15) is 17.6 Å². The molecule has 0 spiro atoms. The van der Waals surface area contributed by atoms with Crippen LogP contribution in [0.25, 0.3) is 0 Å². The monoisotopic (exact) mass is 473 g/mol. The summed E-state index contributed by atoms with van der Waals surface area (Å²) in [5.41, 5.74) is 2.00. The summed E-state index contributed by atoms with van der Waals surface area (Å²) in [7, 11) is 1.03. The first-order valence-corrected chi connectivity index (χ1v) is 9.66. The summed E-state index contributed by atoms with van der Waals surface area (Å²) in [4.78, 5) is 28.2. The lowest BCUT2D eigenvalue weighted by Crippen LogP contribution is -2.47. The van der Waals surface area contributed by atoms with Crippen molar-refractivity contribution in [2.45, 2.75) is 37.6 Å². The van der Waals surface area contributed by atoms with Gasteiger partial charge in [-0.15, -0.1) is 0 Å². The Morgan fingerprint density at radius 1 is 1.21 bits per heavy atom. The number of aromatic nitrogens is 1. The number of nitrogens with one attached hydrogen (secondary N) is 1. The van der Waals surface area contributed by atoms with Gasteiger partial charge in [0.2, 0.25) is 5.82 Å². The molecule has 7 nitrogen and oxygen atoms in total. The Hall–Kier alpha value is -3.28. The number of carbonyl (C=O) groups is 2. The molecule has 2 amide bonds. The van der Waals surface area contributed by atoms with Gasteiger partial charge >= 0.3 is 6.18 Å². The van der Waals surface area contributed by atoms with E-state index in [1.807, 2.05) is 0 Å². The number of pyridine rings is 1. The molecule has 1 aliphatic heterocycles. The van der Waals surface area contributed by atoms with Crippen LogP contribution in [-0.4, -0.2) is 41.8 Å². The molecule has 0 radical (unpaired) electrons. The van der Waals surface area contributed by atoms with Gasteiger partial charge in [0.1, 0.15) is 17.6 Å². The molecule has 4 atom stereocenters. The molecule has 12 heteroatoms. The Bertz CT molecular complexity index is 1090. The molecule has 0 saturated carbocycles. The third-order valence-corrected chi connectivity index (χ3v) is 5.82. The molecule has 1 aromatic heterocycles.